The molecule has 0 radical (unpaired) electrons. The van der Waals surface area contributed by atoms with Gasteiger partial charge in [-0.3, -0.25) is 4.98 Å². The van der Waals surface area contributed by atoms with Crippen LogP contribution in [0.2, 0.25) is 0 Å². The van der Waals surface area contributed by atoms with E-state index in [-0.39, 0.29) is 5.41 Å². The van der Waals surface area contributed by atoms with Crippen LogP contribution >= 0.6 is 0 Å². The quantitative estimate of drug-likeness (QED) is 0.713. The molecule has 0 unspecified atom stereocenters. The van der Waals surface area contributed by atoms with Gasteiger partial charge in [0.05, 0.1) is 5.69 Å². The normalized spacial score (nSPS) is 16.5. The van der Waals surface area contributed by atoms with Gasteiger partial charge in [0.15, 0.2) is 0 Å². The Morgan fingerprint density at radius 2 is 1.71 bits per heavy atom. The van der Waals surface area contributed by atoms with Crippen molar-refractivity contribution >= 4 is 5.57 Å². The Labute approximate surface area is 102 Å². The van der Waals surface area contributed by atoms with Gasteiger partial charge in [0.1, 0.15) is 0 Å². The Hall–Kier alpha value is -1.89. The molecule has 0 N–H and O–H groups in total. The van der Waals surface area contributed by atoms with E-state index < -0.39 is 0 Å². The van der Waals surface area contributed by atoms with E-state index in [1.54, 1.807) is 0 Å². The first kappa shape index (κ1) is 10.3. The van der Waals surface area contributed by atoms with E-state index in [9.17, 15) is 0 Å². The molecule has 1 heteroatoms. The summed E-state index contributed by atoms with van der Waals surface area (Å²) in [5, 5.41) is 0. The molecule has 0 saturated carbocycles. The molecule has 0 fully saturated rings. The van der Waals surface area contributed by atoms with Gasteiger partial charge in [0.25, 0.3) is 0 Å². The number of pyridine rings is 1. The third kappa shape index (κ3) is 1.59. The first-order valence-electron chi connectivity index (χ1n) is 5.93. The SMILES string of the molecule is CC1(C)C=C(c2ccccc2)c2ncccc21. The standard InChI is InChI=1S/C16H15N/c1-16(2)11-13(12-7-4-3-5-8-12)15-14(16)9-6-10-17-15/h3-11H,1-2H3. The molecular formula is C16H15N. The molecular weight excluding hydrogens is 206 g/mol. The predicted molar refractivity (Wildman–Crippen MR) is 70.8 cm³/mol. The zero-order valence-electron chi connectivity index (χ0n) is 10.1. The fourth-order valence-electron chi connectivity index (χ4n) is 2.48. The zero-order valence-corrected chi connectivity index (χ0v) is 10.1. The van der Waals surface area contributed by atoms with Crippen LogP contribution in [0.1, 0.15) is 30.7 Å². The van der Waals surface area contributed by atoms with E-state index in [1.807, 2.05) is 18.3 Å². The third-order valence-corrected chi connectivity index (χ3v) is 3.35. The van der Waals surface area contributed by atoms with Gasteiger partial charge in [-0.25, -0.2) is 0 Å². The van der Waals surface area contributed by atoms with Crippen LogP contribution in [0.3, 0.4) is 0 Å². The summed E-state index contributed by atoms with van der Waals surface area (Å²) in [6.07, 6.45) is 4.19. The molecule has 1 nitrogen and oxygen atoms in total. The van der Waals surface area contributed by atoms with Crippen LogP contribution in [0.25, 0.3) is 5.57 Å². The van der Waals surface area contributed by atoms with Crippen LogP contribution in [0.4, 0.5) is 0 Å². The second-order valence-corrected chi connectivity index (χ2v) is 5.05. The molecule has 1 aliphatic rings. The van der Waals surface area contributed by atoms with Crippen molar-refractivity contribution in [3.63, 3.8) is 0 Å². The molecule has 0 amide bonds. The van der Waals surface area contributed by atoms with Crippen LogP contribution in [0.5, 0.6) is 0 Å². The molecule has 3 rings (SSSR count). The number of benzene rings is 1. The van der Waals surface area contributed by atoms with E-state index in [2.05, 4.69) is 55.2 Å². The Balaban J connectivity index is 2.21. The Morgan fingerprint density at radius 1 is 0.941 bits per heavy atom. The van der Waals surface area contributed by atoms with Gasteiger partial charge in [-0.05, 0) is 17.2 Å². The van der Waals surface area contributed by atoms with Crippen LogP contribution in [0.15, 0.2) is 54.7 Å². The van der Waals surface area contributed by atoms with E-state index in [0.717, 1.165) is 5.69 Å². The van der Waals surface area contributed by atoms with Crippen molar-refractivity contribution in [2.75, 3.05) is 0 Å². The number of rotatable bonds is 1. The highest BCUT2D eigenvalue weighted by atomic mass is 14.7. The van der Waals surface area contributed by atoms with Gasteiger partial charge in [0, 0.05) is 17.2 Å². The van der Waals surface area contributed by atoms with Crippen LogP contribution in [-0.4, -0.2) is 4.98 Å². The lowest BCUT2D eigenvalue weighted by Gasteiger charge is -2.16. The second kappa shape index (κ2) is 3.56. The van der Waals surface area contributed by atoms with Crippen molar-refractivity contribution in [3.05, 3.63) is 71.6 Å². The van der Waals surface area contributed by atoms with Gasteiger partial charge in [-0.2, -0.15) is 0 Å². The topological polar surface area (TPSA) is 12.9 Å². The fraction of sp³-hybridized carbons (Fsp3) is 0.188. The molecule has 0 bridgehead atoms. The summed E-state index contributed by atoms with van der Waals surface area (Å²) < 4.78 is 0. The minimum absolute atomic E-state index is 0.0781. The van der Waals surface area contributed by atoms with Crippen molar-refractivity contribution in [2.45, 2.75) is 19.3 Å². The van der Waals surface area contributed by atoms with Crippen molar-refractivity contribution in [1.29, 1.82) is 0 Å². The van der Waals surface area contributed by atoms with E-state index >= 15 is 0 Å². The van der Waals surface area contributed by atoms with Crippen LogP contribution < -0.4 is 0 Å². The average Bonchev–Trinajstić information content (AvgIpc) is 2.64. The number of nitrogens with zero attached hydrogens (tertiary/aromatic N) is 1. The lowest BCUT2D eigenvalue weighted by Crippen LogP contribution is -2.10. The van der Waals surface area contributed by atoms with E-state index in [4.69, 9.17) is 0 Å². The lowest BCUT2D eigenvalue weighted by molar-refractivity contribution is 0.680. The first-order valence-corrected chi connectivity index (χ1v) is 5.93. The van der Waals surface area contributed by atoms with Gasteiger partial charge >= 0.3 is 0 Å². The first-order chi connectivity index (χ1) is 8.18. The molecule has 1 heterocycles. The minimum atomic E-state index is 0.0781. The summed E-state index contributed by atoms with van der Waals surface area (Å²) in [4.78, 5) is 4.54. The zero-order chi connectivity index (χ0) is 11.9. The molecule has 2 aromatic rings. The summed E-state index contributed by atoms with van der Waals surface area (Å²) in [5.41, 5.74) is 5.03. The molecule has 0 spiro atoms. The van der Waals surface area contributed by atoms with Crippen molar-refractivity contribution in [2.24, 2.45) is 0 Å². The van der Waals surface area contributed by atoms with Crippen molar-refractivity contribution < 1.29 is 0 Å². The Morgan fingerprint density at radius 3 is 2.47 bits per heavy atom. The number of hydrogen-bond acceptors (Lipinski definition) is 1. The summed E-state index contributed by atoms with van der Waals surface area (Å²) in [7, 11) is 0. The summed E-state index contributed by atoms with van der Waals surface area (Å²) in [6, 6.07) is 14.7. The highest BCUT2D eigenvalue weighted by Crippen LogP contribution is 2.41. The van der Waals surface area contributed by atoms with Crippen LogP contribution in [-0.2, 0) is 5.41 Å². The monoisotopic (exact) mass is 221 g/mol. The minimum Gasteiger partial charge on any atom is -0.256 e. The highest BCUT2D eigenvalue weighted by Gasteiger charge is 2.30. The maximum atomic E-state index is 4.54. The summed E-state index contributed by atoms with van der Waals surface area (Å²) >= 11 is 0. The third-order valence-electron chi connectivity index (χ3n) is 3.35. The Bertz CT molecular complexity index is 579. The highest BCUT2D eigenvalue weighted by molar-refractivity contribution is 5.84. The average molecular weight is 221 g/mol. The Kier molecular flexibility index (Phi) is 2.15. The van der Waals surface area contributed by atoms with Gasteiger partial charge in [-0.1, -0.05) is 56.3 Å². The molecule has 0 aliphatic heterocycles. The van der Waals surface area contributed by atoms with Gasteiger partial charge < -0.3 is 0 Å². The molecule has 1 aliphatic carbocycles. The van der Waals surface area contributed by atoms with Gasteiger partial charge in [-0.15, -0.1) is 0 Å². The number of hydrogen-bond donors (Lipinski definition) is 0. The molecule has 1 aromatic carbocycles. The molecule has 17 heavy (non-hydrogen) atoms. The van der Waals surface area contributed by atoms with Crippen molar-refractivity contribution in [1.82, 2.24) is 4.98 Å². The number of aromatic nitrogens is 1. The second-order valence-electron chi connectivity index (χ2n) is 5.05. The maximum Gasteiger partial charge on any atom is 0.0745 e. The molecule has 84 valence electrons. The van der Waals surface area contributed by atoms with E-state index in [1.165, 1.54) is 16.7 Å². The largest absolute Gasteiger partial charge is 0.256 e. The summed E-state index contributed by atoms with van der Waals surface area (Å²) in [5.74, 6) is 0. The number of allylic oxidation sites excluding steroid dienone is 1. The fourth-order valence-corrected chi connectivity index (χ4v) is 2.48. The molecule has 0 saturated heterocycles. The smallest absolute Gasteiger partial charge is 0.0745 e. The van der Waals surface area contributed by atoms with E-state index in [0.29, 0.717) is 0 Å². The van der Waals surface area contributed by atoms with Gasteiger partial charge in [0.2, 0.25) is 0 Å². The predicted octanol–water partition coefficient (Wildman–Crippen LogP) is 3.80. The maximum absolute atomic E-state index is 4.54. The number of fused-ring (bicyclic) bond motifs is 1. The molecule has 1 aromatic heterocycles. The van der Waals surface area contributed by atoms with Crippen molar-refractivity contribution in [3.8, 4) is 0 Å². The molecule has 0 atom stereocenters. The van der Waals surface area contributed by atoms with Crippen LogP contribution in [0, 0.1) is 0 Å². The lowest BCUT2D eigenvalue weighted by atomic mass is 9.88. The summed E-state index contributed by atoms with van der Waals surface area (Å²) in [6.45, 7) is 4.48.